The van der Waals surface area contributed by atoms with E-state index < -0.39 is 6.23 Å². The number of hydrogen-bond donors (Lipinski definition) is 4. The Balaban J connectivity index is 1.30. The third kappa shape index (κ3) is 5.65. The van der Waals surface area contributed by atoms with Crippen molar-refractivity contribution in [3.05, 3.63) is 76.3 Å². The van der Waals surface area contributed by atoms with Crippen molar-refractivity contribution in [1.82, 2.24) is 40.0 Å². The van der Waals surface area contributed by atoms with Crippen LogP contribution >= 0.6 is 11.3 Å². The lowest BCUT2D eigenvalue weighted by Gasteiger charge is -2.29. The van der Waals surface area contributed by atoms with Gasteiger partial charge in [-0.15, -0.1) is 10.2 Å². The van der Waals surface area contributed by atoms with Crippen LogP contribution < -0.4 is 15.8 Å². The molecule has 0 bridgehead atoms. The number of unbranched alkanes of at least 4 members (excludes halogenated alkanes) is 1. The van der Waals surface area contributed by atoms with Gasteiger partial charge in [0, 0.05) is 22.9 Å². The van der Waals surface area contributed by atoms with Crippen molar-refractivity contribution in [2.24, 2.45) is 5.73 Å². The largest absolute Gasteiger partial charge is 0.462 e. The number of aromatic amines is 2. The minimum atomic E-state index is -0.597. The first kappa shape index (κ1) is 29.3. The van der Waals surface area contributed by atoms with Gasteiger partial charge in [0.15, 0.2) is 5.01 Å². The molecule has 0 radical (unpaired) electrons. The summed E-state index contributed by atoms with van der Waals surface area (Å²) >= 11 is 1.51. The number of halogens is 1. The van der Waals surface area contributed by atoms with E-state index in [1.54, 1.807) is 12.3 Å². The molecule has 5 N–H and O–H groups in total. The zero-order chi connectivity index (χ0) is 30.9. The second-order valence-corrected chi connectivity index (χ2v) is 12.4. The van der Waals surface area contributed by atoms with Crippen LogP contribution in [0.2, 0.25) is 0 Å². The summed E-state index contributed by atoms with van der Waals surface area (Å²) in [6.45, 7) is 6.46. The van der Waals surface area contributed by atoms with Crippen LogP contribution in [0.25, 0.3) is 44.7 Å². The third-order valence-electron chi connectivity index (χ3n) is 8.08. The Morgan fingerprint density at radius 1 is 1.00 bits per heavy atom. The number of aromatic nitrogens is 7. The highest BCUT2D eigenvalue weighted by molar-refractivity contribution is 7.11. The van der Waals surface area contributed by atoms with Crippen LogP contribution in [0.3, 0.4) is 0 Å². The molecule has 45 heavy (non-hydrogen) atoms. The molecule has 1 aliphatic rings. The van der Waals surface area contributed by atoms with E-state index in [0.29, 0.717) is 35.0 Å². The summed E-state index contributed by atoms with van der Waals surface area (Å²) in [6.07, 6.45) is 7.51. The van der Waals surface area contributed by atoms with Crippen LogP contribution in [0.4, 0.5) is 4.39 Å². The maximum absolute atomic E-state index is 16.2. The summed E-state index contributed by atoms with van der Waals surface area (Å²) in [7, 11) is 0. The average molecular weight is 626 g/mol. The Labute approximate surface area is 264 Å². The standard InChI is InChI=1S/C33H36FN9OS/c1-3-11-36-18-29-38-16-23(40-29)19-8-9-25-21(12-19)14-26-31-22(34)13-20(24-17-37-28(39-24)7-5-6-10-35)15-27(31)44-33(43(25)26)32-42-41-30(4-2)45-32/h8-9,12-17,33,36H,3-7,10-11,18,35H2,1-2H3,(H,37,39)(H,38,40). The SMILES string of the molecule is CCCNCc1ncc(-c2ccc3c(c2)cc2n3C(c3nnc(CC)s3)Oc3cc(-c4cnc(CCCCN)[nH]4)cc(F)c3-2)[nH]1. The monoisotopic (exact) mass is 625 g/mol. The first-order chi connectivity index (χ1) is 22.1. The molecule has 0 fully saturated rings. The summed E-state index contributed by atoms with van der Waals surface area (Å²) in [5, 5.41) is 14.8. The van der Waals surface area contributed by atoms with E-state index in [-0.39, 0.29) is 5.82 Å². The molecule has 7 rings (SSSR count). The molecule has 0 saturated heterocycles. The van der Waals surface area contributed by atoms with Crippen molar-refractivity contribution >= 4 is 22.2 Å². The highest BCUT2D eigenvalue weighted by Crippen LogP contribution is 2.47. The zero-order valence-corrected chi connectivity index (χ0v) is 26.2. The van der Waals surface area contributed by atoms with Gasteiger partial charge in [-0.1, -0.05) is 31.3 Å². The molecule has 1 atom stereocenters. The fourth-order valence-electron chi connectivity index (χ4n) is 5.83. The van der Waals surface area contributed by atoms with E-state index in [9.17, 15) is 0 Å². The number of benzene rings is 2. The summed E-state index contributed by atoms with van der Waals surface area (Å²) in [6, 6.07) is 11.7. The topological polar surface area (TPSA) is 135 Å². The van der Waals surface area contributed by atoms with Gasteiger partial charge >= 0.3 is 0 Å². The smallest absolute Gasteiger partial charge is 0.231 e. The van der Waals surface area contributed by atoms with Crippen LogP contribution in [-0.4, -0.2) is 47.8 Å². The normalized spacial score (nSPS) is 14.1. The number of aryl methyl sites for hydroxylation is 2. The summed E-state index contributed by atoms with van der Waals surface area (Å²) in [5.41, 5.74) is 11.0. The predicted molar refractivity (Wildman–Crippen MR) is 175 cm³/mol. The van der Waals surface area contributed by atoms with E-state index in [2.05, 4.69) is 67.5 Å². The molecule has 12 heteroatoms. The van der Waals surface area contributed by atoms with Gasteiger partial charge in [0.05, 0.1) is 47.1 Å². The Kier molecular flexibility index (Phi) is 8.18. The average Bonchev–Trinajstić information content (AvgIpc) is 3.86. The molecule has 232 valence electrons. The predicted octanol–water partition coefficient (Wildman–Crippen LogP) is 6.36. The number of rotatable bonds is 12. The molecule has 0 spiro atoms. The number of nitrogens with two attached hydrogens (primary N) is 1. The second-order valence-electron chi connectivity index (χ2n) is 11.3. The minimum Gasteiger partial charge on any atom is -0.462 e. The number of H-pyrrole nitrogens is 2. The van der Waals surface area contributed by atoms with Crippen LogP contribution in [0.1, 0.15) is 61.0 Å². The molecule has 6 aromatic rings. The molecule has 4 aromatic heterocycles. The molecule has 1 aliphatic heterocycles. The van der Waals surface area contributed by atoms with Crippen molar-refractivity contribution in [1.29, 1.82) is 0 Å². The van der Waals surface area contributed by atoms with Crippen LogP contribution in [0, 0.1) is 5.82 Å². The maximum Gasteiger partial charge on any atom is 0.231 e. The number of fused-ring (bicyclic) bond motifs is 5. The zero-order valence-electron chi connectivity index (χ0n) is 25.4. The quantitative estimate of drug-likeness (QED) is 0.116. The van der Waals surface area contributed by atoms with E-state index in [0.717, 1.165) is 88.9 Å². The van der Waals surface area contributed by atoms with E-state index >= 15 is 4.39 Å². The van der Waals surface area contributed by atoms with Gasteiger partial charge in [0.25, 0.3) is 0 Å². The third-order valence-corrected chi connectivity index (χ3v) is 9.18. The summed E-state index contributed by atoms with van der Waals surface area (Å²) < 4.78 is 24.8. The molecule has 0 amide bonds. The van der Waals surface area contributed by atoms with Crippen LogP contribution in [0.5, 0.6) is 5.75 Å². The highest BCUT2D eigenvalue weighted by atomic mass is 32.1. The molecule has 1 unspecified atom stereocenters. The lowest BCUT2D eigenvalue weighted by Crippen LogP contribution is -2.22. The van der Waals surface area contributed by atoms with E-state index in [4.69, 9.17) is 10.5 Å². The molecule has 0 saturated carbocycles. The van der Waals surface area contributed by atoms with Crippen molar-refractivity contribution in [3.8, 4) is 39.5 Å². The summed E-state index contributed by atoms with van der Waals surface area (Å²) in [5.74, 6) is 1.83. The van der Waals surface area contributed by atoms with Gasteiger partial charge in [0.2, 0.25) is 6.23 Å². The fourth-order valence-corrected chi connectivity index (χ4v) is 6.63. The lowest BCUT2D eigenvalue weighted by molar-refractivity contribution is 0.171. The Morgan fingerprint density at radius 2 is 1.82 bits per heavy atom. The summed E-state index contributed by atoms with van der Waals surface area (Å²) in [4.78, 5) is 15.8. The van der Waals surface area contributed by atoms with Crippen LogP contribution in [0.15, 0.2) is 48.8 Å². The Hall–Kier alpha value is -4.39. The first-order valence-electron chi connectivity index (χ1n) is 15.5. The molecule has 10 nitrogen and oxygen atoms in total. The number of nitrogens with one attached hydrogen (secondary N) is 3. The van der Waals surface area contributed by atoms with Crippen molar-refractivity contribution in [2.75, 3.05) is 13.1 Å². The number of hydrogen-bond acceptors (Lipinski definition) is 8. The van der Waals surface area contributed by atoms with Gasteiger partial charge in [0.1, 0.15) is 28.2 Å². The first-order valence-corrected chi connectivity index (χ1v) is 16.3. The lowest BCUT2D eigenvalue weighted by atomic mass is 10.0. The van der Waals surface area contributed by atoms with Gasteiger partial charge in [-0.3, -0.25) is 4.57 Å². The molecule has 2 aromatic carbocycles. The Morgan fingerprint density at radius 3 is 2.62 bits per heavy atom. The molecular formula is C33H36FN9OS. The van der Waals surface area contributed by atoms with Gasteiger partial charge < -0.3 is 25.8 Å². The maximum atomic E-state index is 16.2. The molecule has 5 heterocycles. The number of nitrogens with zero attached hydrogens (tertiary/aromatic N) is 5. The van der Waals surface area contributed by atoms with Gasteiger partial charge in [-0.2, -0.15) is 0 Å². The van der Waals surface area contributed by atoms with Gasteiger partial charge in [-0.05, 0) is 69.1 Å². The molecular weight excluding hydrogens is 589 g/mol. The van der Waals surface area contributed by atoms with Crippen molar-refractivity contribution in [2.45, 2.75) is 58.7 Å². The second kappa shape index (κ2) is 12.5. The fraction of sp³-hybridized carbons (Fsp3) is 0.333. The Bertz CT molecular complexity index is 1950. The number of imidazole rings is 2. The highest BCUT2D eigenvalue weighted by Gasteiger charge is 2.34. The van der Waals surface area contributed by atoms with E-state index in [1.807, 2.05) is 22.9 Å². The van der Waals surface area contributed by atoms with Crippen molar-refractivity contribution in [3.63, 3.8) is 0 Å². The minimum absolute atomic E-state index is 0.367. The number of ether oxygens (including phenoxy) is 1. The van der Waals surface area contributed by atoms with Crippen molar-refractivity contribution < 1.29 is 9.13 Å². The van der Waals surface area contributed by atoms with Gasteiger partial charge in [-0.25, -0.2) is 14.4 Å². The molecule has 0 aliphatic carbocycles. The van der Waals surface area contributed by atoms with E-state index in [1.165, 1.54) is 11.3 Å². The van der Waals surface area contributed by atoms with Crippen LogP contribution in [-0.2, 0) is 19.4 Å².